The highest BCUT2D eigenvalue weighted by molar-refractivity contribution is 5.69. The largest absolute Gasteiger partial charge is 0.455 e. The Kier molecular flexibility index (Phi) is 9.50. The summed E-state index contributed by atoms with van der Waals surface area (Å²) >= 11 is 0. The van der Waals surface area contributed by atoms with Crippen molar-refractivity contribution in [1.82, 2.24) is 24.8 Å². The highest BCUT2D eigenvalue weighted by Gasteiger charge is 2.38. The van der Waals surface area contributed by atoms with Crippen LogP contribution < -0.4 is 14.5 Å². The molecule has 1 atom stereocenters. The first-order chi connectivity index (χ1) is 21.8. The van der Waals surface area contributed by atoms with Gasteiger partial charge in [-0.2, -0.15) is 28.4 Å². The Hall–Kier alpha value is -4.67. The molecule has 1 unspecified atom stereocenters. The summed E-state index contributed by atoms with van der Waals surface area (Å²) in [5, 5.41) is 9.61. The zero-order chi connectivity index (χ0) is 33.1. The van der Waals surface area contributed by atoms with Crippen molar-refractivity contribution in [3.8, 4) is 12.1 Å². The van der Waals surface area contributed by atoms with E-state index in [0.717, 1.165) is 5.56 Å². The van der Waals surface area contributed by atoms with Crippen LogP contribution in [0.15, 0.2) is 36.7 Å². The number of alkyl halides is 3. The van der Waals surface area contributed by atoms with Gasteiger partial charge in [0, 0.05) is 49.8 Å². The van der Waals surface area contributed by atoms with Crippen LogP contribution in [0.4, 0.5) is 29.5 Å². The molecular formula is C32H37F3N8O3. The monoisotopic (exact) mass is 638 g/mol. The Bertz CT molecular complexity index is 1590. The van der Waals surface area contributed by atoms with E-state index >= 15 is 0 Å². The third-order valence-corrected chi connectivity index (χ3v) is 7.81. The highest BCUT2D eigenvalue weighted by Crippen LogP contribution is 2.41. The minimum atomic E-state index is -4.53. The lowest BCUT2D eigenvalue weighted by atomic mass is 10.0. The maximum Gasteiger partial charge on any atom is 0.418 e. The molecule has 11 nitrogen and oxygen atoms in total. The van der Waals surface area contributed by atoms with Crippen LogP contribution in [-0.4, -0.2) is 68.8 Å². The zero-order valence-corrected chi connectivity index (χ0v) is 26.3. The number of rotatable bonds is 6. The van der Waals surface area contributed by atoms with Gasteiger partial charge < -0.3 is 24.2 Å². The van der Waals surface area contributed by atoms with Crippen molar-refractivity contribution in [2.75, 3.05) is 36.0 Å². The normalized spacial score (nSPS) is 17.2. The number of ether oxygens (including phenoxy) is 2. The lowest BCUT2D eigenvalue weighted by Gasteiger charge is -2.42. The van der Waals surface area contributed by atoms with Crippen LogP contribution in [0.25, 0.3) is 0 Å². The van der Waals surface area contributed by atoms with Crippen LogP contribution in [0.3, 0.4) is 0 Å². The van der Waals surface area contributed by atoms with E-state index in [0.29, 0.717) is 56.4 Å². The maximum absolute atomic E-state index is 14.2. The van der Waals surface area contributed by atoms with Gasteiger partial charge in [0.25, 0.3) is 0 Å². The molecule has 0 aliphatic carbocycles. The van der Waals surface area contributed by atoms with E-state index in [1.165, 1.54) is 19.1 Å². The molecule has 1 fully saturated rings. The molecular weight excluding hydrogens is 601 g/mol. The summed E-state index contributed by atoms with van der Waals surface area (Å²) in [6.45, 7) is 8.28. The zero-order valence-electron chi connectivity index (χ0n) is 26.3. The van der Waals surface area contributed by atoms with E-state index in [9.17, 15) is 23.2 Å². The second-order valence-corrected chi connectivity index (χ2v) is 12.3. The van der Waals surface area contributed by atoms with Gasteiger partial charge in [0.05, 0.1) is 36.3 Å². The van der Waals surface area contributed by atoms with Crippen molar-refractivity contribution in [2.45, 2.75) is 77.9 Å². The second kappa shape index (κ2) is 13.4. The highest BCUT2D eigenvalue weighted by atomic mass is 19.4. The number of aromatic nitrogens is 4. The summed E-state index contributed by atoms with van der Waals surface area (Å²) in [5.41, 5.74) is 0.236. The van der Waals surface area contributed by atoms with Gasteiger partial charge in [-0.25, -0.2) is 14.8 Å². The van der Waals surface area contributed by atoms with Crippen molar-refractivity contribution in [3.05, 3.63) is 64.9 Å². The molecule has 2 aromatic heterocycles. The number of carbonyl (C=O) groups is 1. The number of benzene rings is 1. The molecule has 14 heteroatoms. The molecule has 1 aromatic carbocycles. The van der Waals surface area contributed by atoms with Crippen molar-refractivity contribution < 1.29 is 27.4 Å². The average molecular weight is 639 g/mol. The van der Waals surface area contributed by atoms with E-state index in [1.807, 2.05) is 4.90 Å². The van der Waals surface area contributed by atoms with E-state index in [1.54, 1.807) is 55.1 Å². The molecule has 0 spiro atoms. The van der Waals surface area contributed by atoms with Crippen molar-refractivity contribution in [3.63, 3.8) is 0 Å². The minimum Gasteiger partial charge on any atom is -0.455 e. The molecule has 0 saturated carbocycles. The molecule has 0 bridgehead atoms. The first-order valence-corrected chi connectivity index (χ1v) is 15.2. The van der Waals surface area contributed by atoms with Crippen LogP contribution in [0.1, 0.15) is 61.8 Å². The van der Waals surface area contributed by atoms with Crippen molar-refractivity contribution >= 4 is 17.6 Å². The molecule has 5 rings (SSSR count). The Morgan fingerprint density at radius 1 is 1.07 bits per heavy atom. The summed E-state index contributed by atoms with van der Waals surface area (Å²) in [7, 11) is 0. The van der Waals surface area contributed by atoms with Crippen LogP contribution >= 0.6 is 0 Å². The smallest absolute Gasteiger partial charge is 0.418 e. The fraction of sp³-hybridized carbons (Fsp3) is 0.500. The fourth-order valence-corrected chi connectivity index (χ4v) is 5.83. The molecule has 0 radical (unpaired) electrons. The molecule has 1 saturated heterocycles. The van der Waals surface area contributed by atoms with Gasteiger partial charge in [-0.1, -0.05) is 12.1 Å². The van der Waals surface area contributed by atoms with E-state index in [2.05, 4.69) is 16.0 Å². The quantitative estimate of drug-likeness (QED) is 0.344. The summed E-state index contributed by atoms with van der Waals surface area (Å²) in [4.78, 5) is 36.2. The molecule has 0 N–H and O–H groups in total. The lowest BCUT2D eigenvalue weighted by molar-refractivity contribution is -0.137. The molecule has 4 heterocycles. The number of nitriles is 1. The molecule has 3 aromatic rings. The average Bonchev–Trinajstić information content (AvgIpc) is 3.21. The number of hydrogen-bond donors (Lipinski definition) is 0. The van der Waals surface area contributed by atoms with Crippen molar-refractivity contribution in [2.24, 2.45) is 0 Å². The van der Waals surface area contributed by atoms with Gasteiger partial charge in [-0.15, -0.1) is 0 Å². The Balaban J connectivity index is 1.51. The standard InChI is InChI=1S/C32H37F3N8O3/c1-21-8-5-10-25(27(21)32(33,34)35)41-15-6-9-23-24(19-41)39-29(45-20-26-37-13-7-14-38-26)40-28(23)42-16-17-43(22(18-42)11-12-36)30(44)46-31(2,3)4/h5,7-8,10,13-14,22H,6,9,11,15-20H2,1-4H3. The number of nitrogens with zero attached hydrogens (tertiary/aromatic N) is 8. The van der Waals surface area contributed by atoms with Gasteiger partial charge in [0.15, 0.2) is 12.4 Å². The molecule has 2 aliphatic rings. The SMILES string of the molecule is Cc1cccc(N2CCCc3c(nc(OCc4ncccn4)nc3N3CCN(C(=O)OC(C)(C)C)C(CC#N)C3)C2)c1C(F)(F)F. The van der Waals surface area contributed by atoms with Gasteiger partial charge >= 0.3 is 18.3 Å². The predicted octanol–water partition coefficient (Wildman–Crippen LogP) is 5.47. The Morgan fingerprint density at radius 2 is 1.83 bits per heavy atom. The van der Waals surface area contributed by atoms with Crippen molar-refractivity contribution in [1.29, 1.82) is 5.26 Å². The summed E-state index contributed by atoms with van der Waals surface area (Å²) in [6.07, 6.45) is -0.675. The van der Waals surface area contributed by atoms with E-state index in [4.69, 9.17) is 19.4 Å². The Morgan fingerprint density at radius 3 is 2.52 bits per heavy atom. The number of piperazine rings is 1. The first kappa shape index (κ1) is 32.7. The fourth-order valence-electron chi connectivity index (χ4n) is 5.83. The van der Waals surface area contributed by atoms with E-state index in [-0.39, 0.29) is 36.8 Å². The third kappa shape index (κ3) is 7.58. The summed E-state index contributed by atoms with van der Waals surface area (Å²) < 4.78 is 54.2. The third-order valence-electron chi connectivity index (χ3n) is 7.81. The van der Waals surface area contributed by atoms with Crippen LogP contribution in [-0.2, 0) is 30.5 Å². The molecule has 1 amide bonds. The number of aryl methyl sites for hydroxylation is 1. The molecule has 244 valence electrons. The lowest BCUT2D eigenvalue weighted by Crippen LogP contribution is -2.56. The first-order valence-electron chi connectivity index (χ1n) is 15.2. The predicted molar refractivity (Wildman–Crippen MR) is 163 cm³/mol. The number of halogens is 3. The van der Waals surface area contributed by atoms with Crippen LogP contribution in [0.2, 0.25) is 0 Å². The van der Waals surface area contributed by atoms with Crippen LogP contribution in [0.5, 0.6) is 6.01 Å². The number of anilines is 2. The number of hydrogen-bond acceptors (Lipinski definition) is 10. The van der Waals surface area contributed by atoms with Crippen LogP contribution in [0, 0.1) is 18.3 Å². The van der Waals surface area contributed by atoms with Gasteiger partial charge in [0.2, 0.25) is 0 Å². The maximum atomic E-state index is 14.2. The topological polar surface area (TPSA) is 121 Å². The van der Waals surface area contributed by atoms with E-state index < -0.39 is 29.5 Å². The summed E-state index contributed by atoms with van der Waals surface area (Å²) in [5.74, 6) is 0.988. The minimum absolute atomic E-state index is 0.0115. The Labute approximate surface area is 266 Å². The number of fused-ring (bicyclic) bond motifs is 1. The number of carbonyl (C=O) groups excluding carboxylic acids is 1. The summed E-state index contributed by atoms with van der Waals surface area (Å²) in [6, 6.07) is 8.02. The second-order valence-electron chi connectivity index (χ2n) is 12.3. The van der Waals surface area contributed by atoms with Gasteiger partial charge in [-0.05, 0) is 58.2 Å². The van der Waals surface area contributed by atoms with Gasteiger partial charge in [0.1, 0.15) is 11.4 Å². The molecule has 2 aliphatic heterocycles. The number of amides is 1. The van der Waals surface area contributed by atoms with Gasteiger partial charge in [-0.3, -0.25) is 0 Å². The molecule has 46 heavy (non-hydrogen) atoms.